The molecular weight excluding hydrogens is 262 g/mol. The van der Waals surface area contributed by atoms with E-state index in [-0.39, 0.29) is 0 Å². The van der Waals surface area contributed by atoms with Crippen molar-refractivity contribution in [2.45, 2.75) is 88.8 Å². The highest BCUT2D eigenvalue weighted by molar-refractivity contribution is 8.00. The molecule has 0 aliphatic heterocycles. The largest absolute Gasteiger partial charge is 0.313 e. The molecule has 1 nitrogen and oxygen atoms in total. The average molecular weight is 298 g/mol. The van der Waals surface area contributed by atoms with E-state index in [1.165, 1.54) is 70.8 Å². The van der Waals surface area contributed by atoms with Crippen LogP contribution < -0.4 is 5.32 Å². The summed E-state index contributed by atoms with van der Waals surface area (Å²) in [6.45, 7) is 6.01. The molecule has 0 radical (unpaired) electrons. The summed E-state index contributed by atoms with van der Waals surface area (Å²) in [4.78, 5) is 0. The number of hydrogen-bond acceptors (Lipinski definition) is 2. The van der Waals surface area contributed by atoms with Gasteiger partial charge in [-0.05, 0) is 50.2 Å². The highest BCUT2D eigenvalue weighted by Crippen LogP contribution is 2.38. The van der Waals surface area contributed by atoms with Crippen molar-refractivity contribution in [2.24, 2.45) is 11.8 Å². The predicted octanol–water partition coefficient (Wildman–Crippen LogP) is 5.25. The smallest absolute Gasteiger partial charge is 0.0281 e. The maximum Gasteiger partial charge on any atom is 0.0281 e. The Morgan fingerprint density at radius 1 is 1.10 bits per heavy atom. The van der Waals surface area contributed by atoms with Crippen LogP contribution in [0.25, 0.3) is 0 Å². The number of nitrogens with one attached hydrogen (secondary N) is 1. The van der Waals surface area contributed by atoms with Crippen LogP contribution in [-0.2, 0) is 0 Å². The number of thioether (sulfide) groups is 1. The van der Waals surface area contributed by atoms with E-state index in [1.807, 2.05) is 0 Å². The molecule has 1 N–H and O–H groups in total. The van der Waals surface area contributed by atoms with Crippen LogP contribution in [0.3, 0.4) is 0 Å². The van der Waals surface area contributed by atoms with Gasteiger partial charge in [-0.25, -0.2) is 0 Å². The van der Waals surface area contributed by atoms with Crippen molar-refractivity contribution in [1.82, 2.24) is 5.32 Å². The lowest BCUT2D eigenvalue weighted by Gasteiger charge is -2.39. The van der Waals surface area contributed by atoms with Crippen molar-refractivity contribution >= 4 is 11.8 Å². The molecule has 0 saturated heterocycles. The third kappa shape index (κ3) is 4.94. The normalized spacial score (nSPS) is 30.6. The average Bonchev–Trinajstić information content (AvgIpc) is 2.46. The molecule has 118 valence electrons. The predicted molar refractivity (Wildman–Crippen MR) is 92.5 cm³/mol. The first-order chi connectivity index (χ1) is 9.63. The molecule has 0 amide bonds. The third-order valence-corrected chi connectivity index (χ3v) is 6.92. The van der Waals surface area contributed by atoms with Crippen LogP contribution in [0.4, 0.5) is 0 Å². The molecule has 2 aliphatic rings. The minimum absolute atomic E-state index is 0.559. The maximum absolute atomic E-state index is 3.97. The van der Waals surface area contributed by atoms with E-state index in [0.717, 1.165) is 17.9 Å². The SMILES string of the molecule is CSC1(CNC2CCCC(CC(C)C)C2)CCCCC1. The van der Waals surface area contributed by atoms with Crippen molar-refractivity contribution in [3.05, 3.63) is 0 Å². The minimum Gasteiger partial charge on any atom is -0.313 e. The summed E-state index contributed by atoms with van der Waals surface area (Å²) >= 11 is 2.13. The van der Waals surface area contributed by atoms with E-state index >= 15 is 0 Å². The van der Waals surface area contributed by atoms with Crippen LogP contribution in [0.5, 0.6) is 0 Å². The van der Waals surface area contributed by atoms with Gasteiger partial charge in [0.2, 0.25) is 0 Å². The third-order valence-electron chi connectivity index (χ3n) is 5.50. The van der Waals surface area contributed by atoms with Gasteiger partial charge >= 0.3 is 0 Å². The molecule has 0 aromatic heterocycles. The standard InChI is InChI=1S/C18H35NS/c1-15(2)12-16-8-7-9-17(13-16)19-14-18(20-3)10-5-4-6-11-18/h15-17,19H,4-14H2,1-3H3. The van der Waals surface area contributed by atoms with Gasteiger partial charge in [-0.2, -0.15) is 11.8 Å². The zero-order valence-electron chi connectivity index (χ0n) is 13.9. The number of rotatable bonds is 6. The Kier molecular flexibility index (Phi) is 6.74. The van der Waals surface area contributed by atoms with Crippen LogP contribution in [0.2, 0.25) is 0 Å². The topological polar surface area (TPSA) is 12.0 Å². The first-order valence-electron chi connectivity index (χ1n) is 8.92. The second kappa shape index (κ2) is 8.08. The van der Waals surface area contributed by atoms with Crippen LogP contribution in [0, 0.1) is 11.8 Å². The maximum atomic E-state index is 3.97. The van der Waals surface area contributed by atoms with E-state index in [4.69, 9.17) is 0 Å². The molecule has 20 heavy (non-hydrogen) atoms. The monoisotopic (exact) mass is 297 g/mol. The zero-order chi connectivity index (χ0) is 14.4. The second-order valence-corrected chi connectivity index (χ2v) is 8.96. The first-order valence-corrected chi connectivity index (χ1v) is 10.1. The van der Waals surface area contributed by atoms with Gasteiger partial charge in [0.15, 0.2) is 0 Å². The zero-order valence-corrected chi connectivity index (χ0v) is 14.7. The lowest BCUT2D eigenvalue weighted by molar-refractivity contribution is 0.243. The number of hydrogen-bond donors (Lipinski definition) is 1. The fourth-order valence-electron chi connectivity index (χ4n) is 4.34. The lowest BCUT2D eigenvalue weighted by atomic mass is 9.80. The molecule has 2 heteroatoms. The quantitative estimate of drug-likeness (QED) is 0.719. The van der Waals surface area contributed by atoms with E-state index in [0.29, 0.717) is 4.75 Å². The highest BCUT2D eigenvalue weighted by atomic mass is 32.2. The molecule has 0 bridgehead atoms. The van der Waals surface area contributed by atoms with Crippen molar-refractivity contribution in [1.29, 1.82) is 0 Å². The lowest BCUT2D eigenvalue weighted by Crippen LogP contribution is -2.45. The van der Waals surface area contributed by atoms with E-state index < -0.39 is 0 Å². The van der Waals surface area contributed by atoms with Crippen molar-refractivity contribution in [2.75, 3.05) is 12.8 Å². The highest BCUT2D eigenvalue weighted by Gasteiger charge is 2.32. The van der Waals surface area contributed by atoms with Crippen LogP contribution >= 0.6 is 11.8 Å². The van der Waals surface area contributed by atoms with E-state index in [2.05, 4.69) is 37.2 Å². The van der Waals surface area contributed by atoms with Gasteiger partial charge in [-0.1, -0.05) is 46.0 Å². The molecule has 0 heterocycles. The second-order valence-electron chi connectivity index (χ2n) is 7.69. The summed E-state index contributed by atoms with van der Waals surface area (Å²) in [6, 6.07) is 0.804. The van der Waals surface area contributed by atoms with Gasteiger partial charge in [-0.15, -0.1) is 0 Å². The molecule has 2 fully saturated rings. The fraction of sp³-hybridized carbons (Fsp3) is 1.00. The van der Waals surface area contributed by atoms with Gasteiger partial charge < -0.3 is 5.32 Å². The Labute approximate surface area is 131 Å². The first kappa shape index (κ1) is 16.7. The molecular formula is C18H35NS. The Morgan fingerprint density at radius 2 is 1.85 bits per heavy atom. The summed E-state index contributed by atoms with van der Waals surface area (Å²) in [6.07, 6.45) is 16.8. The Bertz CT molecular complexity index is 271. The molecule has 2 aliphatic carbocycles. The molecule has 2 saturated carbocycles. The molecule has 0 aromatic carbocycles. The van der Waals surface area contributed by atoms with Crippen LogP contribution in [0.1, 0.15) is 78.1 Å². The Morgan fingerprint density at radius 3 is 2.50 bits per heavy atom. The summed E-state index contributed by atoms with van der Waals surface area (Å²) in [5, 5.41) is 3.97. The van der Waals surface area contributed by atoms with Crippen molar-refractivity contribution in [3.8, 4) is 0 Å². The summed E-state index contributed by atoms with van der Waals surface area (Å²) < 4.78 is 0.559. The summed E-state index contributed by atoms with van der Waals surface area (Å²) in [5.41, 5.74) is 0. The van der Waals surface area contributed by atoms with Crippen molar-refractivity contribution < 1.29 is 0 Å². The molecule has 0 aromatic rings. The van der Waals surface area contributed by atoms with Crippen molar-refractivity contribution in [3.63, 3.8) is 0 Å². The summed E-state index contributed by atoms with van der Waals surface area (Å²) in [7, 11) is 0. The van der Waals surface area contributed by atoms with Gasteiger partial charge in [0.1, 0.15) is 0 Å². The fourth-order valence-corrected chi connectivity index (χ4v) is 5.26. The molecule has 0 spiro atoms. The van der Waals surface area contributed by atoms with Gasteiger partial charge in [0.25, 0.3) is 0 Å². The van der Waals surface area contributed by atoms with E-state index in [9.17, 15) is 0 Å². The van der Waals surface area contributed by atoms with Crippen LogP contribution in [-0.4, -0.2) is 23.6 Å². The molecule has 2 unspecified atom stereocenters. The van der Waals surface area contributed by atoms with Gasteiger partial charge in [0.05, 0.1) is 0 Å². The Hall–Kier alpha value is 0.310. The van der Waals surface area contributed by atoms with Gasteiger partial charge in [-0.3, -0.25) is 0 Å². The van der Waals surface area contributed by atoms with E-state index in [1.54, 1.807) is 0 Å². The van der Waals surface area contributed by atoms with Gasteiger partial charge in [0, 0.05) is 17.3 Å². The Balaban J connectivity index is 1.77. The molecule has 2 rings (SSSR count). The minimum atomic E-state index is 0.559. The summed E-state index contributed by atoms with van der Waals surface area (Å²) in [5.74, 6) is 1.85. The molecule has 2 atom stereocenters. The van der Waals surface area contributed by atoms with Crippen LogP contribution in [0.15, 0.2) is 0 Å².